The Morgan fingerprint density at radius 2 is 1.78 bits per heavy atom. The SMILES string of the molecule is COC1(OC)C=CC(=NC(=O)c2ccccc2)[C@H]2[C@H](NC(=O)OC(C)(C)C)C(C)=CC[C@H]21. The Bertz CT molecular complexity index is 939. The first-order valence-electron chi connectivity index (χ1n) is 10.7. The largest absolute Gasteiger partial charge is 0.444 e. The number of benzene rings is 1. The van der Waals surface area contributed by atoms with Crippen molar-refractivity contribution >= 4 is 17.7 Å². The van der Waals surface area contributed by atoms with Gasteiger partial charge in [-0.25, -0.2) is 9.79 Å². The minimum atomic E-state index is -0.995. The van der Waals surface area contributed by atoms with Crippen LogP contribution >= 0.6 is 0 Å². The fourth-order valence-electron chi connectivity index (χ4n) is 4.36. The van der Waals surface area contributed by atoms with E-state index in [1.807, 2.05) is 33.8 Å². The van der Waals surface area contributed by atoms with Gasteiger partial charge in [0.05, 0.1) is 11.8 Å². The molecule has 1 N–H and O–H groups in total. The average molecular weight is 441 g/mol. The number of carbonyl (C=O) groups excluding carboxylic acids is 2. The average Bonchev–Trinajstić information content (AvgIpc) is 2.75. The Labute approximate surface area is 189 Å². The molecule has 2 aliphatic rings. The Morgan fingerprint density at radius 3 is 2.38 bits per heavy atom. The van der Waals surface area contributed by atoms with Gasteiger partial charge in [0.25, 0.3) is 5.91 Å². The number of rotatable bonds is 4. The highest BCUT2D eigenvalue weighted by Crippen LogP contribution is 2.44. The minimum absolute atomic E-state index is 0.200. The molecule has 2 aliphatic carbocycles. The molecular formula is C25H32N2O5. The number of allylic oxidation sites excluding steroid dienone is 2. The van der Waals surface area contributed by atoms with Crippen molar-refractivity contribution in [2.75, 3.05) is 14.2 Å². The molecule has 0 saturated heterocycles. The first kappa shape index (κ1) is 23.9. The molecule has 1 aromatic carbocycles. The lowest BCUT2D eigenvalue weighted by atomic mass is 9.67. The van der Waals surface area contributed by atoms with Gasteiger partial charge < -0.3 is 19.5 Å². The molecule has 0 heterocycles. The van der Waals surface area contributed by atoms with Gasteiger partial charge in [0.15, 0.2) is 5.79 Å². The molecule has 0 unspecified atom stereocenters. The zero-order valence-corrected chi connectivity index (χ0v) is 19.5. The van der Waals surface area contributed by atoms with E-state index < -0.39 is 23.5 Å². The second-order valence-corrected chi connectivity index (χ2v) is 9.11. The number of nitrogens with one attached hydrogen (secondary N) is 1. The maximum absolute atomic E-state index is 12.9. The molecule has 7 heteroatoms. The zero-order valence-electron chi connectivity index (χ0n) is 19.5. The smallest absolute Gasteiger partial charge is 0.408 e. The summed E-state index contributed by atoms with van der Waals surface area (Å²) in [6.45, 7) is 7.40. The van der Waals surface area contributed by atoms with Crippen LogP contribution in [0.25, 0.3) is 0 Å². The van der Waals surface area contributed by atoms with Crippen LogP contribution in [0.4, 0.5) is 4.79 Å². The standard InChI is InChI=1S/C25H32N2O5/c1-16-12-13-18-20(21(16)27-23(29)32-24(2,3)4)19(14-15-25(18,30-5)31-6)26-22(28)17-10-8-7-9-11-17/h7-12,14-15,18,20-21H,13H2,1-6H3,(H,27,29)/t18-,20+,21-/m1/s1. The summed E-state index contributed by atoms with van der Waals surface area (Å²) in [5.41, 5.74) is 1.40. The highest BCUT2D eigenvalue weighted by molar-refractivity contribution is 6.09. The predicted molar refractivity (Wildman–Crippen MR) is 123 cm³/mol. The van der Waals surface area contributed by atoms with E-state index in [1.165, 1.54) is 0 Å². The van der Waals surface area contributed by atoms with Gasteiger partial charge in [-0.05, 0) is 58.4 Å². The highest BCUT2D eigenvalue weighted by Gasteiger charge is 2.51. The molecule has 1 aromatic rings. The number of aliphatic imine (C=N–C) groups is 1. The molecule has 172 valence electrons. The molecule has 2 amide bonds. The van der Waals surface area contributed by atoms with Gasteiger partial charge in [-0.1, -0.05) is 29.8 Å². The fraction of sp³-hybridized carbons (Fsp3) is 0.480. The van der Waals surface area contributed by atoms with Crippen molar-refractivity contribution in [2.45, 2.75) is 51.5 Å². The van der Waals surface area contributed by atoms with E-state index in [9.17, 15) is 9.59 Å². The van der Waals surface area contributed by atoms with Crippen LogP contribution in [0.1, 0.15) is 44.5 Å². The first-order chi connectivity index (χ1) is 15.1. The third-order valence-electron chi connectivity index (χ3n) is 5.88. The second kappa shape index (κ2) is 9.38. The van der Waals surface area contributed by atoms with Gasteiger partial charge in [0.1, 0.15) is 5.60 Å². The van der Waals surface area contributed by atoms with E-state index in [0.29, 0.717) is 17.7 Å². The quantitative estimate of drug-likeness (QED) is 0.557. The van der Waals surface area contributed by atoms with Crippen molar-refractivity contribution in [3.63, 3.8) is 0 Å². The van der Waals surface area contributed by atoms with Gasteiger partial charge in [-0.2, -0.15) is 0 Å². The third kappa shape index (κ3) is 5.00. The second-order valence-electron chi connectivity index (χ2n) is 9.11. The Morgan fingerprint density at radius 1 is 1.12 bits per heavy atom. The molecular weight excluding hydrogens is 408 g/mol. The molecule has 0 fully saturated rings. The van der Waals surface area contributed by atoms with Crippen molar-refractivity contribution in [3.8, 4) is 0 Å². The van der Waals surface area contributed by atoms with E-state index in [-0.39, 0.29) is 17.7 Å². The summed E-state index contributed by atoms with van der Waals surface area (Å²) in [4.78, 5) is 30.0. The molecule has 0 spiro atoms. The number of fused-ring (bicyclic) bond motifs is 1. The first-order valence-corrected chi connectivity index (χ1v) is 10.7. The monoisotopic (exact) mass is 440 g/mol. The summed E-state index contributed by atoms with van der Waals surface area (Å²) in [6, 6.07) is 8.48. The molecule has 0 aliphatic heterocycles. The normalized spacial score (nSPS) is 25.6. The summed E-state index contributed by atoms with van der Waals surface area (Å²) in [6.07, 6.45) is 5.74. The number of carbonyl (C=O) groups is 2. The lowest BCUT2D eigenvalue weighted by Gasteiger charge is -2.47. The van der Waals surface area contributed by atoms with Gasteiger partial charge in [-0.3, -0.25) is 4.79 Å². The molecule has 0 bridgehead atoms. The molecule has 7 nitrogen and oxygen atoms in total. The van der Waals surface area contributed by atoms with E-state index in [4.69, 9.17) is 14.2 Å². The van der Waals surface area contributed by atoms with Crippen molar-refractivity contribution < 1.29 is 23.8 Å². The molecule has 3 rings (SSSR count). The van der Waals surface area contributed by atoms with Gasteiger partial charge >= 0.3 is 6.09 Å². The predicted octanol–water partition coefficient (Wildman–Crippen LogP) is 4.30. The number of methoxy groups -OCH3 is 2. The molecule has 0 aromatic heterocycles. The van der Waals surface area contributed by atoms with Crippen LogP contribution in [0.15, 0.2) is 59.1 Å². The zero-order chi connectivity index (χ0) is 23.5. The topological polar surface area (TPSA) is 86.2 Å². The molecule has 3 atom stereocenters. The maximum atomic E-state index is 12.9. The Balaban J connectivity index is 2.03. The number of hydrogen-bond donors (Lipinski definition) is 1. The molecule has 0 saturated carbocycles. The van der Waals surface area contributed by atoms with Crippen molar-refractivity contribution in [1.82, 2.24) is 5.32 Å². The van der Waals surface area contributed by atoms with Crippen molar-refractivity contribution in [2.24, 2.45) is 16.8 Å². The van der Waals surface area contributed by atoms with E-state index in [0.717, 1.165) is 5.57 Å². The van der Waals surface area contributed by atoms with Gasteiger partial charge in [-0.15, -0.1) is 0 Å². The lowest BCUT2D eigenvalue weighted by molar-refractivity contribution is -0.213. The fourth-order valence-corrected chi connectivity index (χ4v) is 4.36. The number of alkyl carbamates (subject to hydrolysis) is 1. The summed E-state index contributed by atoms with van der Waals surface area (Å²) in [5.74, 6) is -1.88. The van der Waals surface area contributed by atoms with Crippen LogP contribution in [0.3, 0.4) is 0 Å². The Hall–Kier alpha value is -2.77. The van der Waals surface area contributed by atoms with Gasteiger partial charge in [0, 0.05) is 31.6 Å². The third-order valence-corrected chi connectivity index (χ3v) is 5.88. The summed E-state index contributed by atoms with van der Waals surface area (Å²) >= 11 is 0. The van der Waals surface area contributed by atoms with E-state index >= 15 is 0 Å². The van der Waals surface area contributed by atoms with Crippen LogP contribution in [0, 0.1) is 11.8 Å². The number of nitrogens with zero attached hydrogens (tertiary/aromatic N) is 1. The van der Waals surface area contributed by atoms with Gasteiger partial charge in [0.2, 0.25) is 0 Å². The number of amides is 2. The van der Waals surface area contributed by atoms with E-state index in [1.54, 1.807) is 50.6 Å². The van der Waals surface area contributed by atoms with Crippen LogP contribution in [0.2, 0.25) is 0 Å². The van der Waals surface area contributed by atoms with Crippen LogP contribution < -0.4 is 5.32 Å². The molecule has 0 radical (unpaired) electrons. The number of hydrogen-bond acceptors (Lipinski definition) is 5. The van der Waals surface area contributed by atoms with Crippen LogP contribution in [-0.4, -0.2) is 49.4 Å². The summed E-state index contributed by atoms with van der Waals surface area (Å²) < 4.78 is 17.1. The molecule has 32 heavy (non-hydrogen) atoms. The Kier molecular flexibility index (Phi) is 7.00. The number of ether oxygens (including phenoxy) is 3. The summed E-state index contributed by atoms with van der Waals surface area (Å²) in [7, 11) is 3.17. The van der Waals surface area contributed by atoms with Crippen molar-refractivity contribution in [3.05, 3.63) is 59.7 Å². The minimum Gasteiger partial charge on any atom is -0.444 e. The summed E-state index contributed by atoms with van der Waals surface area (Å²) in [5, 5.41) is 2.99. The maximum Gasteiger partial charge on any atom is 0.408 e. The lowest BCUT2D eigenvalue weighted by Crippen LogP contribution is -2.58. The van der Waals surface area contributed by atoms with Crippen LogP contribution in [-0.2, 0) is 14.2 Å². The van der Waals surface area contributed by atoms with Crippen LogP contribution in [0.5, 0.6) is 0 Å². The van der Waals surface area contributed by atoms with Crippen molar-refractivity contribution in [1.29, 1.82) is 0 Å². The van der Waals surface area contributed by atoms with E-state index in [2.05, 4.69) is 16.4 Å². The highest BCUT2D eigenvalue weighted by atomic mass is 16.7.